The lowest BCUT2D eigenvalue weighted by Gasteiger charge is -2.08. The fraction of sp³-hybridized carbons (Fsp3) is 0.684. The normalized spacial score (nSPS) is 10.9. The molecule has 0 aliphatic rings. The summed E-state index contributed by atoms with van der Waals surface area (Å²) in [4.78, 5) is 10.1. The predicted octanol–water partition coefficient (Wildman–Crippen LogP) is 1.70. The zero-order valence-corrected chi connectivity index (χ0v) is 16.9. The molecule has 0 aliphatic heterocycles. The van der Waals surface area contributed by atoms with Gasteiger partial charge in [-0.1, -0.05) is 0 Å². The maximum atomic E-state index is 10.6. The van der Waals surface area contributed by atoms with Crippen molar-refractivity contribution in [3.63, 3.8) is 0 Å². The smallest absolute Gasteiger partial charge is 0.269 e. The third kappa shape index (κ3) is 14.8. The lowest BCUT2D eigenvalue weighted by molar-refractivity contribution is -0.384. The maximum absolute atomic E-state index is 10.6. The van der Waals surface area contributed by atoms with Crippen LogP contribution in [0.5, 0.6) is 5.75 Å². The Balaban J connectivity index is 1.77. The number of ether oxygens (including phenoxy) is 7. The van der Waals surface area contributed by atoms with Gasteiger partial charge in [0.25, 0.3) is 5.69 Å². The van der Waals surface area contributed by atoms with Gasteiger partial charge in [-0.3, -0.25) is 10.1 Å². The lowest BCUT2D eigenvalue weighted by atomic mass is 10.3. The van der Waals surface area contributed by atoms with Crippen LogP contribution in [0.2, 0.25) is 0 Å². The van der Waals surface area contributed by atoms with Crippen LogP contribution >= 0.6 is 0 Å². The third-order valence-electron chi connectivity index (χ3n) is 3.46. The van der Waals surface area contributed by atoms with E-state index in [1.54, 1.807) is 19.2 Å². The molecule has 0 atom stereocenters. The van der Waals surface area contributed by atoms with Gasteiger partial charge < -0.3 is 33.2 Å². The Morgan fingerprint density at radius 3 is 1.41 bits per heavy atom. The van der Waals surface area contributed by atoms with Crippen LogP contribution in [0, 0.1) is 10.1 Å². The summed E-state index contributed by atoms with van der Waals surface area (Å²) < 4.78 is 37.1. The second-order valence-electron chi connectivity index (χ2n) is 5.65. The van der Waals surface area contributed by atoms with Gasteiger partial charge in [0.15, 0.2) is 0 Å². The van der Waals surface area contributed by atoms with E-state index in [9.17, 15) is 10.1 Å². The Labute approximate surface area is 171 Å². The van der Waals surface area contributed by atoms with Crippen LogP contribution in [0.25, 0.3) is 0 Å². The van der Waals surface area contributed by atoms with Crippen LogP contribution < -0.4 is 4.74 Å². The van der Waals surface area contributed by atoms with Crippen molar-refractivity contribution in [2.75, 3.05) is 86.4 Å². The number of nitrogens with zero attached hydrogens (tertiary/aromatic N) is 1. The van der Waals surface area contributed by atoms with Crippen molar-refractivity contribution in [3.8, 4) is 5.75 Å². The first-order chi connectivity index (χ1) is 14.2. The molecule has 0 fully saturated rings. The molecule has 166 valence electrons. The minimum atomic E-state index is -0.450. The SMILES string of the molecule is COCCOCCOCCOCCOCCOCCOc1ccc([N+](=O)[O-])cc1. The van der Waals surface area contributed by atoms with E-state index in [2.05, 4.69) is 0 Å². The van der Waals surface area contributed by atoms with Gasteiger partial charge in [-0.05, 0) is 12.1 Å². The van der Waals surface area contributed by atoms with Crippen LogP contribution in [0.4, 0.5) is 5.69 Å². The minimum absolute atomic E-state index is 0.0329. The monoisotopic (exact) mass is 417 g/mol. The summed E-state index contributed by atoms with van der Waals surface area (Å²) in [5.74, 6) is 0.565. The molecule has 10 nitrogen and oxygen atoms in total. The Morgan fingerprint density at radius 2 is 1.03 bits per heavy atom. The van der Waals surface area contributed by atoms with Crippen LogP contribution in [-0.4, -0.2) is 91.3 Å². The van der Waals surface area contributed by atoms with Crippen LogP contribution in [0.15, 0.2) is 24.3 Å². The number of methoxy groups -OCH3 is 1. The van der Waals surface area contributed by atoms with E-state index < -0.39 is 4.92 Å². The van der Waals surface area contributed by atoms with Crippen molar-refractivity contribution >= 4 is 5.69 Å². The van der Waals surface area contributed by atoms with Gasteiger partial charge in [0.1, 0.15) is 12.4 Å². The van der Waals surface area contributed by atoms with Crippen LogP contribution in [0.3, 0.4) is 0 Å². The summed E-state index contributed by atoms with van der Waals surface area (Å²) in [6.45, 7) is 5.95. The first-order valence-corrected chi connectivity index (χ1v) is 9.49. The summed E-state index contributed by atoms with van der Waals surface area (Å²) in [5.41, 5.74) is 0.0329. The molecule has 0 amide bonds. The molecule has 0 unspecified atom stereocenters. The van der Waals surface area contributed by atoms with Crippen molar-refractivity contribution in [1.29, 1.82) is 0 Å². The number of benzene rings is 1. The van der Waals surface area contributed by atoms with Crippen molar-refractivity contribution in [1.82, 2.24) is 0 Å². The van der Waals surface area contributed by atoms with Crippen molar-refractivity contribution in [2.24, 2.45) is 0 Å². The second-order valence-corrected chi connectivity index (χ2v) is 5.65. The van der Waals surface area contributed by atoms with Crippen molar-refractivity contribution < 1.29 is 38.1 Å². The highest BCUT2D eigenvalue weighted by Gasteiger charge is 2.04. The summed E-state index contributed by atoms with van der Waals surface area (Å²) in [6.07, 6.45) is 0. The van der Waals surface area contributed by atoms with E-state index in [1.807, 2.05) is 0 Å². The number of non-ortho nitro benzene ring substituents is 1. The molecule has 1 aromatic rings. The average molecular weight is 417 g/mol. The van der Waals surface area contributed by atoms with E-state index in [4.69, 9.17) is 33.2 Å². The van der Waals surface area contributed by atoms with Crippen LogP contribution in [0.1, 0.15) is 0 Å². The summed E-state index contributed by atoms with van der Waals surface area (Å²) in [5, 5.41) is 10.6. The zero-order valence-electron chi connectivity index (χ0n) is 16.9. The molecule has 1 rings (SSSR count). The van der Waals surface area contributed by atoms with Gasteiger partial charge in [-0.2, -0.15) is 0 Å². The van der Waals surface area contributed by atoms with Crippen molar-refractivity contribution in [2.45, 2.75) is 0 Å². The Hall–Kier alpha value is -1.82. The molecule has 0 radical (unpaired) electrons. The Bertz CT molecular complexity index is 513. The van der Waals surface area contributed by atoms with Gasteiger partial charge in [0, 0.05) is 19.2 Å². The molecule has 0 saturated heterocycles. The largest absolute Gasteiger partial charge is 0.491 e. The van der Waals surface area contributed by atoms with Gasteiger partial charge >= 0.3 is 0 Å². The number of hydrogen-bond acceptors (Lipinski definition) is 9. The number of rotatable bonds is 20. The fourth-order valence-electron chi connectivity index (χ4n) is 2.01. The van der Waals surface area contributed by atoms with Gasteiger partial charge in [0.2, 0.25) is 0 Å². The Morgan fingerprint density at radius 1 is 0.655 bits per heavy atom. The molecule has 0 spiro atoms. The zero-order chi connectivity index (χ0) is 21.0. The average Bonchev–Trinajstić information content (AvgIpc) is 2.73. The topological polar surface area (TPSA) is 108 Å². The molecular formula is C19H31NO9. The Kier molecular flexibility index (Phi) is 15.8. The van der Waals surface area contributed by atoms with E-state index in [0.717, 1.165) is 0 Å². The molecule has 0 saturated carbocycles. The van der Waals surface area contributed by atoms with Gasteiger partial charge in [-0.25, -0.2) is 0 Å². The van der Waals surface area contributed by atoms with E-state index in [-0.39, 0.29) is 5.69 Å². The molecule has 0 N–H and O–H groups in total. The first-order valence-electron chi connectivity index (χ1n) is 9.49. The van der Waals surface area contributed by atoms with E-state index >= 15 is 0 Å². The number of nitro benzene ring substituents is 1. The van der Waals surface area contributed by atoms with E-state index in [0.29, 0.717) is 85.0 Å². The summed E-state index contributed by atoms with van der Waals surface area (Å²) >= 11 is 0. The molecule has 0 bridgehead atoms. The molecule has 0 heterocycles. The highest BCUT2D eigenvalue weighted by Crippen LogP contribution is 2.16. The standard InChI is InChI=1S/C19H31NO9/c1-23-6-7-24-8-9-25-10-11-26-12-13-27-14-15-28-16-17-29-19-4-2-18(3-5-19)20(21)22/h2-5H,6-17H2,1H3. The fourth-order valence-corrected chi connectivity index (χ4v) is 2.01. The molecule has 0 aromatic heterocycles. The highest BCUT2D eigenvalue weighted by molar-refractivity contribution is 5.35. The van der Waals surface area contributed by atoms with Gasteiger partial charge in [0.05, 0.1) is 77.6 Å². The number of nitro groups is 1. The summed E-state index contributed by atoms with van der Waals surface area (Å²) in [7, 11) is 1.63. The molecule has 29 heavy (non-hydrogen) atoms. The maximum Gasteiger partial charge on any atom is 0.269 e. The highest BCUT2D eigenvalue weighted by atomic mass is 16.6. The molecule has 10 heteroatoms. The molecular weight excluding hydrogens is 386 g/mol. The first kappa shape index (κ1) is 25.2. The minimum Gasteiger partial charge on any atom is -0.491 e. The van der Waals surface area contributed by atoms with Crippen molar-refractivity contribution in [3.05, 3.63) is 34.4 Å². The summed E-state index contributed by atoms with van der Waals surface area (Å²) in [6, 6.07) is 5.92. The second kappa shape index (κ2) is 18.2. The van der Waals surface area contributed by atoms with E-state index in [1.165, 1.54) is 12.1 Å². The van der Waals surface area contributed by atoms with Crippen LogP contribution in [-0.2, 0) is 28.4 Å². The third-order valence-corrected chi connectivity index (χ3v) is 3.46. The quantitative estimate of drug-likeness (QED) is 0.178. The van der Waals surface area contributed by atoms with Gasteiger partial charge in [-0.15, -0.1) is 0 Å². The molecule has 0 aliphatic carbocycles. The lowest BCUT2D eigenvalue weighted by Crippen LogP contribution is -2.14. The predicted molar refractivity (Wildman–Crippen MR) is 105 cm³/mol. The number of hydrogen-bond donors (Lipinski definition) is 0. The molecule has 1 aromatic carbocycles.